The van der Waals surface area contributed by atoms with E-state index in [1.165, 1.54) is 77.6 Å². The second-order valence-electron chi connectivity index (χ2n) is 10.3. The lowest BCUT2D eigenvalue weighted by molar-refractivity contribution is -0.171. The first-order valence-corrected chi connectivity index (χ1v) is 11.7. The van der Waals surface area contributed by atoms with Crippen molar-refractivity contribution in [2.75, 3.05) is 7.11 Å². The summed E-state index contributed by atoms with van der Waals surface area (Å²) in [5.74, 6) is 3.83. The summed E-state index contributed by atoms with van der Waals surface area (Å²) in [6.45, 7) is 10.9. The summed E-state index contributed by atoms with van der Waals surface area (Å²) in [4.78, 5) is 0. The molecule has 0 aliphatic heterocycles. The maximum Gasteiger partial charge on any atom is 0.0612 e. The Morgan fingerprint density at radius 1 is 1.00 bits per heavy atom. The highest BCUT2D eigenvalue weighted by molar-refractivity contribution is 5.09. The number of methoxy groups -OCH3 is 1. The zero-order valence-corrected chi connectivity index (χ0v) is 19.0. The van der Waals surface area contributed by atoms with Gasteiger partial charge in [-0.05, 0) is 79.4 Å². The zero-order chi connectivity index (χ0) is 20.1. The third-order valence-corrected chi connectivity index (χ3v) is 8.57. The van der Waals surface area contributed by atoms with Crippen LogP contribution in [0.25, 0.3) is 0 Å². The van der Waals surface area contributed by atoms with Crippen LogP contribution in [0.5, 0.6) is 0 Å². The predicted octanol–water partition coefficient (Wildman–Crippen LogP) is 7.38. The van der Waals surface area contributed by atoms with E-state index in [2.05, 4.69) is 27.7 Å². The summed E-state index contributed by atoms with van der Waals surface area (Å²) < 4.78 is 6.15. The van der Waals surface area contributed by atoms with Gasteiger partial charge in [0.1, 0.15) is 0 Å². The van der Waals surface area contributed by atoms with Gasteiger partial charge < -0.3 is 4.74 Å². The number of fused-ring (bicyclic) bond motifs is 5. The third-order valence-electron chi connectivity index (χ3n) is 8.57. The molecule has 0 amide bonds. The van der Waals surface area contributed by atoms with Crippen LogP contribution in [0.3, 0.4) is 0 Å². The van der Waals surface area contributed by atoms with Crippen LogP contribution < -0.4 is 0 Å². The Balaban J connectivity index is 0.000000389. The maximum atomic E-state index is 7.32. The molecule has 0 aromatic carbocycles. The number of hydrogen-bond acceptors (Lipinski definition) is 2. The third kappa shape index (κ3) is 4.39. The Morgan fingerprint density at radius 3 is 2.30 bits per heavy atom. The number of hydrogen-bond donors (Lipinski definition) is 0. The van der Waals surface area contributed by atoms with Gasteiger partial charge in [-0.25, -0.2) is 0 Å². The molecule has 7 unspecified atom stereocenters. The van der Waals surface area contributed by atoms with Crippen LogP contribution in [0, 0.1) is 45.8 Å². The highest BCUT2D eigenvalue weighted by Crippen LogP contribution is 2.66. The summed E-state index contributed by atoms with van der Waals surface area (Å²) in [6, 6.07) is 1.75. The summed E-state index contributed by atoms with van der Waals surface area (Å²) in [5, 5.41) is 7.32. The monoisotopic (exact) mass is 375 g/mol. The minimum absolute atomic E-state index is 0.542. The second-order valence-corrected chi connectivity index (χ2v) is 10.3. The molecular weight excluding hydrogens is 330 g/mol. The molecule has 0 N–H and O–H groups in total. The van der Waals surface area contributed by atoms with Crippen LogP contribution >= 0.6 is 0 Å². The van der Waals surface area contributed by atoms with Crippen molar-refractivity contribution in [2.45, 2.75) is 111 Å². The summed E-state index contributed by atoms with van der Waals surface area (Å²) in [5.41, 5.74) is 1.19. The molecule has 0 spiro atoms. The first-order chi connectivity index (χ1) is 12.9. The van der Waals surface area contributed by atoms with Crippen molar-refractivity contribution in [3.05, 3.63) is 0 Å². The Bertz CT molecular complexity index is 497. The number of nitrogens with zero attached hydrogens (tertiary/aromatic N) is 1. The van der Waals surface area contributed by atoms with Crippen molar-refractivity contribution < 1.29 is 4.74 Å². The van der Waals surface area contributed by atoms with E-state index in [0.717, 1.165) is 23.7 Å². The molecule has 27 heavy (non-hydrogen) atoms. The average Bonchev–Trinajstić information content (AvgIpc) is 3.03. The minimum atomic E-state index is 0.542. The van der Waals surface area contributed by atoms with Gasteiger partial charge >= 0.3 is 0 Å². The van der Waals surface area contributed by atoms with Crippen molar-refractivity contribution in [1.82, 2.24) is 0 Å². The van der Waals surface area contributed by atoms with Crippen LogP contribution in [0.1, 0.15) is 105 Å². The molecule has 4 aliphatic rings. The SMILES string of the molecule is CC#N.CCC.COC1CC2(C)CCCC2C2CCC3CCCCC3(C)C12. The highest BCUT2D eigenvalue weighted by atomic mass is 16.5. The van der Waals surface area contributed by atoms with Crippen LogP contribution in [-0.2, 0) is 4.74 Å². The molecule has 2 heteroatoms. The molecule has 0 aromatic heterocycles. The summed E-state index contributed by atoms with van der Waals surface area (Å²) in [6.07, 6.45) is 16.5. The first kappa shape index (κ1) is 22.7. The Kier molecular flexibility index (Phi) is 8.23. The molecule has 4 fully saturated rings. The van der Waals surface area contributed by atoms with E-state index in [9.17, 15) is 0 Å². The summed E-state index contributed by atoms with van der Waals surface area (Å²) >= 11 is 0. The molecule has 0 bridgehead atoms. The molecule has 156 valence electrons. The molecule has 2 nitrogen and oxygen atoms in total. The van der Waals surface area contributed by atoms with Gasteiger partial charge in [-0.3, -0.25) is 0 Å². The van der Waals surface area contributed by atoms with Gasteiger partial charge in [0.2, 0.25) is 0 Å². The molecule has 0 saturated heterocycles. The van der Waals surface area contributed by atoms with Crippen LogP contribution in [0.2, 0.25) is 0 Å². The van der Waals surface area contributed by atoms with Gasteiger partial charge in [-0.15, -0.1) is 0 Å². The van der Waals surface area contributed by atoms with Crippen LogP contribution in [0.15, 0.2) is 0 Å². The van der Waals surface area contributed by atoms with E-state index in [0.29, 0.717) is 16.9 Å². The molecule has 4 aliphatic carbocycles. The normalized spacial score (nSPS) is 44.9. The van der Waals surface area contributed by atoms with Gasteiger partial charge in [-0.2, -0.15) is 5.26 Å². The van der Waals surface area contributed by atoms with Crippen molar-refractivity contribution in [2.24, 2.45) is 34.5 Å². The molecular formula is C25H45NO. The second kappa shape index (κ2) is 9.78. The van der Waals surface area contributed by atoms with Crippen LogP contribution in [-0.4, -0.2) is 13.2 Å². The standard InChI is InChI=1S/C20H34O.C3H8.C2H3N/c1-19-11-6-8-16(19)15-10-9-14-7-4-5-12-20(14,2)18(15)17(13-19)21-3;1-3-2;1-2-3/h14-18H,4-13H2,1-3H3;3H2,1-2H3;1H3. The first-order valence-electron chi connectivity index (χ1n) is 11.7. The van der Waals surface area contributed by atoms with E-state index in [1.54, 1.807) is 6.07 Å². The lowest BCUT2D eigenvalue weighted by Gasteiger charge is -2.62. The molecule has 4 rings (SSSR count). The summed E-state index contributed by atoms with van der Waals surface area (Å²) in [7, 11) is 2.00. The Morgan fingerprint density at radius 2 is 1.67 bits per heavy atom. The van der Waals surface area contributed by atoms with Gasteiger partial charge in [0.05, 0.1) is 12.2 Å². The highest BCUT2D eigenvalue weighted by Gasteiger charge is 2.60. The Labute approximate surface area is 169 Å². The molecule has 4 saturated carbocycles. The van der Waals surface area contributed by atoms with E-state index in [-0.39, 0.29) is 0 Å². The van der Waals surface area contributed by atoms with E-state index in [4.69, 9.17) is 10.00 Å². The average molecular weight is 376 g/mol. The Hall–Kier alpha value is -0.550. The molecule has 7 atom stereocenters. The molecule has 0 aromatic rings. The maximum absolute atomic E-state index is 7.32. The smallest absolute Gasteiger partial charge is 0.0612 e. The number of nitriles is 1. The van der Waals surface area contributed by atoms with E-state index < -0.39 is 0 Å². The number of ether oxygens (including phenoxy) is 1. The van der Waals surface area contributed by atoms with Crippen molar-refractivity contribution >= 4 is 0 Å². The van der Waals surface area contributed by atoms with Crippen molar-refractivity contribution in [3.8, 4) is 6.07 Å². The van der Waals surface area contributed by atoms with Gasteiger partial charge in [0, 0.05) is 14.0 Å². The fourth-order valence-electron chi connectivity index (χ4n) is 7.62. The van der Waals surface area contributed by atoms with Crippen molar-refractivity contribution in [1.29, 1.82) is 5.26 Å². The lowest BCUT2D eigenvalue weighted by Crippen LogP contribution is -2.57. The minimum Gasteiger partial charge on any atom is -0.381 e. The largest absolute Gasteiger partial charge is 0.381 e. The quantitative estimate of drug-likeness (QED) is 0.479. The fourth-order valence-corrected chi connectivity index (χ4v) is 7.62. The van der Waals surface area contributed by atoms with E-state index >= 15 is 0 Å². The molecule has 0 radical (unpaired) electrons. The fraction of sp³-hybridized carbons (Fsp3) is 0.960. The predicted molar refractivity (Wildman–Crippen MR) is 114 cm³/mol. The lowest BCUT2D eigenvalue weighted by atomic mass is 9.44. The van der Waals surface area contributed by atoms with Gasteiger partial charge in [0.25, 0.3) is 0 Å². The topological polar surface area (TPSA) is 33.0 Å². The van der Waals surface area contributed by atoms with Crippen molar-refractivity contribution in [3.63, 3.8) is 0 Å². The van der Waals surface area contributed by atoms with Gasteiger partial charge in [-0.1, -0.05) is 53.4 Å². The van der Waals surface area contributed by atoms with Crippen LogP contribution in [0.4, 0.5) is 0 Å². The number of rotatable bonds is 1. The molecule has 0 heterocycles. The zero-order valence-electron chi connectivity index (χ0n) is 19.0. The van der Waals surface area contributed by atoms with Gasteiger partial charge in [0.15, 0.2) is 0 Å². The van der Waals surface area contributed by atoms with E-state index in [1.807, 2.05) is 7.11 Å².